The molecule has 88 valence electrons. The van der Waals surface area contributed by atoms with Gasteiger partial charge in [0.05, 0.1) is 0 Å². The Morgan fingerprint density at radius 3 is 2.20 bits per heavy atom. The number of piperazine rings is 1. The summed E-state index contributed by atoms with van der Waals surface area (Å²) in [6.45, 7) is 14.5. The van der Waals surface area contributed by atoms with Crippen LogP contribution in [0.5, 0.6) is 0 Å². The zero-order valence-electron chi connectivity index (χ0n) is 10.3. The minimum absolute atomic E-state index is 0.0659. The van der Waals surface area contributed by atoms with Crippen molar-refractivity contribution in [1.82, 2.24) is 9.80 Å². The third-order valence-corrected chi connectivity index (χ3v) is 2.40. The minimum Gasteiger partial charge on any atom is -0.337 e. The summed E-state index contributed by atoms with van der Waals surface area (Å²) in [6.07, 6.45) is 2.59. The number of hydrogen-bond donors (Lipinski definition) is 0. The third-order valence-electron chi connectivity index (χ3n) is 2.40. The molecular weight excluding hydrogens is 188 g/mol. The Bertz CT molecular complexity index is 184. The highest BCUT2D eigenvalue weighted by atomic mass is 16.2. The zero-order valence-corrected chi connectivity index (χ0v) is 10.3. The molecule has 1 saturated heterocycles. The van der Waals surface area contributed by atoms with Crippen LogP contribution in [-0.2, 0) is 4.79 Å². The first-order valence-electron chi connectivity index (χ1n) is 5.91. The molecule has 1 amide bonds. The van der Waals surface area contributed by atoms with Gasteiger partial charge in [0, 0.05) is 26.2 Å². The first kappa shape index (κ1) is 14.2. The van der Waals surface area contributed by atoms with Gasteiger partial charge in [0.15, 0.2) is 0 Å². The van der Waals surface area contributed by atoms with Gasteiger partial charge in [0.1, 0.15) is 0 Å². The van der Waals surface area contributed by atoms with Gasteiger partial charge in [0.2, 0.25) is 5.91 Å². The van der Waals surface area contributed by atoms with Crippen molar-refractivity contribution in [1.29, 1.82) is 0 Å². The van der Waals surface area contributed by atoms with E-state index in [4.69, 9.17) is 0 Å². The summed E-state index contributed by atoms with van der Waals surface area (Å²) in [5, 5.41) is 0. The first-order valence-corrected chi connectivity index (χ1v) is 5.91. The highest BCUT2D eigenvalue weighted by molar-refractivity contribution is 5.87. The van der Waals surface area contributed by atoms with E-state index in [1.165, 1.54) is 12.5 Å². The van der Waals surface area contributed by atoms with Crippen LogP contribution in [0.4, 0.5) is 0 Å². The van der Waals surface area contributed by atoms with Gasteiger partial charge in [-0.25, -0.2) is 0 Å². The van der Waals surface area contributed by atoms with Gasteiger partial charge < -0.3 is 4.90 Å². The van der Waals surface area contributed by atoms with Crippen molar-refractivity contribution in [2.24, 2.45) is 0 Å². The Balaban J connectivity index is 0.000000921. The molecule has 0 aliphatic carbocycles. The van der Waals surface area contributed by atoms with Crippen molar-refractivity contribution in [3.8, 4) is 0 Å². The van der Waals surface area contributed by atoms with Crippen LogP contribution >= 0.6 is 0 Å². The molecule has 1 aliphatic rings. The molecule has 0 atom stereocenters. The van der Waals surface area contributed by atoms with Crippen molar-refractivity contribution in [2.45, 2.75) is 27.2 Å². The molecule has 1 heterocycles. The summed E-state index contributed by atoms with van der Waals surface area (Å²) in [5.74, 6) is 0.0659. The average molecular weight is 212 g/mol. The summed E-state index contributed by atoms with van der Waals surface area (Å²) >= 11 is 0. The molecule has 0 radical (unpaired) electrons. The van der Waals surface area contributed by atoms with Crippen LogP contribution in [0.15, 0.2) is 12.7 Å². The highest BCUT2D eigenvalue weighted by Gasteiger charge is 2.17. The molecule has 0 aromatic carbocycles. The SMILES string of the molecule is C=CC(=O)N1CCN(CCC)CC1.CC. The van der Waals surface area contributed by atoms with E-state index in [0.717, 1.165) is 32.7 Å². The Morgan fingerprint density at radius 1 is 1.27 bits per heavy atom. The van der Waals surface area contributed by atoms with Crippen molar-refractivity contribution < 1.29 is 4.79 Å². The highest BCUT2D eigenvalue weighted by Crippen LogP contribution is 2.02. The van der Waals surface area contributed by atoms with Crippen LogP contribution in [0, 0.1) is 0 Å². The summed E-state index contributed by atoms with van der Waals surface area (Å²) in [7, 11) is 0. The number of carbonyl (C=O) groups is 1. The molecule has 0 aromatic rings. The fourth-order valence-corrected chi connectivity index (χ4v) is 1.64. The lowest BCUT2D eigenvalue weighted by atomic mass is 10.3. The van der Waals surface area contributed by atoms with E-state index in [-0.39, 0.29) is 5.91 Å². The molecule has 0 unspecified atom stereocenters. The maximum Gasteiger partial charge on any atom is 0.246 e. The largest absolute Gasteiger partial charge is 0.337 e. The average Bonchev–Trinajstić information content (AvgIpc) is 2.32. The molecule has 0 spiro atoms. The fraction of sp³-hybridized carbons (Fsp3) is 0.750. The van der Waals surface area contributed by atoms with E-state index >= 15 is 0 Å². The monoisotopic (exact) mass is 212 g/mol. The summed E-state index contributed by atoms with van der Waals surface area (Å²) < 4.78 is 0. The van der Waals surface area contributed by atoms with Gasteiger partial charge in [-0.2, -0.15) is 0 Å². The number of carbonyl (C=O) groups excluding carboxylic acids is 1. The lowest BCUT2D eigenvalue weighted by Crippen LogP contribution is -2.48. The Morgan fingerprint density at radius 2 is 1.80 bits per heavy atom. The topological polar surface area (TPSA) is 23.6 Å². The minimum atomic E-state index is 0.0659. The summed E-state index contributed by atoms with van der Waals surface area (Å²) in [5.41, 5.74) is 0. The first-order chi connectivity index (χ1) is 7.27. The predicted octanol–water partition coefficient (Wildman–Crippen LogP) is 1.75. The molecule has 1 rings (SSSR count). The predicted molar refractivity (Wildman–Crippen MR) is 64.9 cm³/mol. The van der Waals surface area contributed by atoms with Crippen LogP contribution < -0.4 is 0 Å². The second-order valence-electron chi connectivity index (χ2n) is 3.37. The van der Waals surface area contributed by atoms with Gasteiger partial charge in [-0.05, 0) is 19.0 Å². The maximum absolute atomic E-state index is 11.2. The molecule has 0 N–H and O–H groups in total. The summed E-state index contributed by atoms with van der Waals surface area (Å²) in [6, 6.07) is 0. The van der Waals surface area contributed by atoms with Crippen molar-refractivity contribution in [3.63, 3.8) is 0 Å². The zero-order chi connectivity index (χ0) is 11.7. The van der Waals surface area contributed by atoms with Gasteiger partial charge in [-0.1, -0.05) is 27.4 Å². The molecule has 0 aromatic heterocycles. The van der Waals surface area contributed by atoms with Crippen LogP contribution in [0.1, 0.15) is 27.2 Å². The number of rotatable bonds is 3. The normalized spacial score (nSPS) is 16.6. The molecular formula is C12H24N2O. The molecule has 0 saturated carbocycles. The van der Waals surface area contributed by atoms with E-state index < -0.39 is 0 Å². The number of amides is 1. The molecule has 1 aliphatic heterocycles. The smallest absolute Gasteiger partial charge is 0.246 e. The van der Waals surface area contributed by atoms with Gasteiger partial charge in [-0.15, -0.1) is 0 Å². The maximum atomic E-state index is 11.2. The van der Waals surface area contributed by atoms with Crippen LogP contribution in [-0.4, -0.2) is 48.4 Å². The molecule has 1 fully saturated rings. The Labute approximate surface area is 93.7 Å². The van der Waals surface area contributed by atoms with Gasteiger partial charge in [0.25, 0.3) is 0 Å². The molecule has 0 bridgehead atoms. The molecule has 15 heavy (non-hydrogen) atoms. The van der Waals surface area contributed by atoms with E-state index in [2.05, 4.69) is 18.4 Å². The van der Waals surface area contributed by atoms with Crippen molar-refractivity contribution >= 4 is 5.91 Å². The quantitative estimate of drug-likeness (QED) is 0.665. The lowest BCUT2D eigenvalue weighted by Gasteiger charge is -2.33. The number of nitrogens with zero attached hydrogens (tertiary/aromatic N) is 2. The third kappa shape index (κ3) is 4.98. The van der Waals surface area contributed by atoms with E-state index in [1.807, 2.05) is 18.7 Å². The fourth-order valence-electron chi connectivity index (χ4n) is 1.64. The second-order valence-corrected chi connectivity index (χ2v) is 3.37. The second kappa shape index (κ2) is 8.48. The van der Waals surface area contributed by atoms with Gasteiger partial charge >= 0.3 is 0 Å². The van der Waals surface area contributed by atoms with Crippen LogP contribution in [0.2, 0.25) is 0 Å². The Kier molecular flexibility index (Phi) is 8.01. The summed E-state index contributed by atoms with van der Waals surface area (Å²) in [4.78, 5) is 15.5. The van der Waals surface area contributed by atoms with Crippen molar-refractivity contribution in [2.75, 3.05) is 32.7 Å². The van der Waals surface area contributed by atoms with E-state index in [0.29, 0.717) is 0 Å². The lowest BCUT2D eigenvalue weighted by molar-refractivity contribution is -0.127. The standard InChI is InChI=1S/C10H18N2O.C2H6/c1-3-5-11-6-8-12(9-7-11)10(13)4-2;1-2/h4H,2-3,5-9H2,1H3;1-2H3. The number of hydrogen-bond acceptors (Lipinski definition) is 2. The van der Waals surface area contributed by atoms with E-state index in [1.54, 1.807) is 0 Å². The van der Waals surface area contributed by atoms with Crippen molar-refractivity contribution in [3.05, 3.63) is 12.7 Å². The Hall–Kier alpha value is -0.830. The van der Waals surface area contributed by atoms with Crippen LogP contribution in [0.25, 0.3) is 0 Å². The molecule has 3 nitrogen and oxygen atoms in total. The molecule has 3 heteroatoms. The van der Waals surface area contributed by atoms with Crippen LogP contribution in [0.3, 0.4) is 0 Å². The van der Waals surface area contributed by atoms with E-state index in [9.17, 15) is 4.79 Å². The van der Waals surface area contributed by atoms with Gasteiger partial charge in [-0.3, -0.25) is 9.69 Å².